The van der Waals surface area contributed by atoms with Crippen LogP contribution in [0.1, 0.15) is 27.7 Å². The van der Waals surface area contributed by atoms with E-state index in [2.05, 4.69) is 0 Å². The standard InChI is InChI=1S/C14H30Cl4O6Si2/c1-5-19-25(20-6-2,23-11-13(15)16)9-10-26(21-7-3,22-8-4)24-12-14(17)18/h13-14H,5-12H2,1-4H3. The van der Waals surface area contributed by atoms with Crippen molar-refractivity contribution in [2.24, 2.45) is 0 Å². The molecule has 0 N–H and O–H groups in total. The van der Waals surface area contributed by atoms with Crippen LogP contribution in [0.2, 0.25) is 12.1 Å². The van der Waals surface area contributed by atoms with Crippen molar-refractivity contribution in [1.29, 1.82) is 0 Å². The third kappa shape index (κ3) is 11.4. The van der Waals surface area contributed by atoms with Crippen molar-refractivity contribution in [2.75, 3.05) is 39.6 Å². The summed E-state index contributed by atoms with van der Waals surface area (Å²) in [4.78, 5) is -1.35. The van der Waals surface area contributed by atoms with Crippen LogP contribution in [0.15, 0.2) is 0 Å². The van der Waals surface area contributed by atoms with Gasteiger partial charge >= 0.3 is 17.6 Å². The van der Waals surface area contributed by atoms with E-state index in [9.17, 15) is 0 Å². The van der Waals surface area contributed by atoms with E-state index in [1.165, 1.54) is 0 Å². The number of alkyl halides is 4. The monoisotopic (exact) mass is 490 g/mol. The Morgan fingerprint density at radius 2 is 0.808 bits per heavy atom. The molecule has 0 unspecified atom stereocenters. The zero-order valence-corrected chi connectivity index (χ0v) is 20.8. The van der Waals surface area contributed by atoms with Crippen LogP contribution in [0.5, 0.6) is 0 Å². The lowest BCUT2D eigenvalue weighted by atomic mass is 10.9. The predicted octanol–water partition coefficient (Wildman–Crippen LogP) is 4.65. The van der Waals surface area contributed by atoms with E-state index in [4.69, 9.17) is 73.0 Å². The number of hydrogen-bond donors (Lipinski definition) is 0. The van der Waals surface area contributed by atoms with Crippen LogP contribution in [-0.4, -0.2) is 66.9 Å². The summed E-state index contributed by atoms with van der Waals surface area (Å²) < 4.78 is 35.3. The fraction of sp³-hybridized carbons (Fsp3) is 1.00. The first-order valence-electron chi connectivity index (χ1n) is 8.68. The molecule has 0 fully saturated rings. The first kappa shape index (κ1) is 27.4. The summed E-state index contributed by atoms with van der Waals surface area (Å²) >= 11 is 23.3. The number of rotatable bonds is 17. The summed E-state index contributed by atoms with van der Waals surface area (Å²) in [5, 5.41) is 0. The molecular weight excluding hydrogens is 462 g/mol. The molecule has 0 rings (SSSR count). The molecule has 0 spiro atoms. The zero-order chi connectivity index (χ0) is 20.1. The minimum absolute atomic E-state index is 0.111. The van der Waals surface area contributed by atoms with Crippen molar-refractivity contribution in [3.05, 3.63) is 0 Å². The summed E-state index contributed by atoms with van der Waals surface area (Å²) in [5.74, 6) is 0. The number of hydrogen-bond acceptors (Lipinski definition) is 6. The predicted molar refractivity (Wildman–Crippen MR) is 111 cm³/mol. The molecule has 12 heteroatoms. The Morgan fingerprint density at radius 3 is 1.00 bits per heavy atom. The number of halogens is 4. The molecule has 6 nitrogen and oxygen atoms in total. The Balaban J connectivity index is 5.30. The van der Waals surface area contributed by atoms with E-state index in [1.54, 1.807) is 0 Å². The van der Waals surface area contributed by atoms with Crippen molar-refractivity contribution in [3.63, 3.8) is 0 Å². The summed E-state index contributed by atoms with van der Waals surface area (Å²) in [6.45, 7) is 9.47. The zero-order valence-electron chi connectivity index (χ0n) is 15.8. The van der Waals surface area contributed by atoms with Gasteiger partial charge in [-0.05, 0) is 27.7 Å². The van der Waals surface area contributed by atoms with Crippen molar-refractivity contribution < 1.29 is 26.6 Å². The highest BCUT2D eigenvalue weighted by Gasteiger charge is 2.49. The molecule has 0 saturated heterocycles. The van der Waals surface area contributed by atoms with E-state index < -0.39 is 27.3 Å². The van der Waals surface area contributed by atoms with Gasteiger partial charge in [0.25, 0.3) is 0 Å². The Labute approximate surface area is 179 Å². The van der Waals surface area contributed by atoms with E-state index in [-0.39, 0.29) is 13.2 Å². The van der Waals surface area contributed by atoms with Crippen LogP contribution in [0.4, 0.5) is 0 Å². The van der Waals surface area contributed by atoms with E-state index in [0.717, 1.165) is 0 Å². The fourth-order valence-corrected chi connectivity index (χ4v) is 9.34. The van der Waals surface area contributed by atoms with Gasteiger partial charge in [0.2, 0.25) is 0 Å². The summed E-state index contributed by atoms with van der Waals surface area (Å²) in [6, 6.07) is 0.882. The molecule has 158 valence electrons. The average Bonchev–Trinajstić information content (AvgIpc) is 2.57. The second-order valence-corrected chi connectivity index (χ2v) is 13.0. The Morgan fingerprint density at radius 1 is 0.538 bits per heavy atom. The minimum Gasteiger partial charge on any atom is -0.374 e. The van der Waals surface area contributed by atoms with Gasteiger partial charge in [-0.25, -0.2) is 0 Å². The van der Waals surface area contributed by atoms with Crippen LogP contribution in [0, 0.1) is 0 Å². The second-order valence-electron chi connectivity index (χ2n) is 5.00. The van der Waals surface area contributed by atoms with Crippen molar-refractivity contribution in [3.8, 4) is 0 Å². The van der Waals surface area contributed by atoms with Gasteiger partial charge in [0.1, 0.15) is 9.67 Å². The molecule has 0 aromatic rings. The van der Waals surface area contributed by atoms with Crippen LogP contribution >= 0.6 is 46.4 Å². The van der Waals surface area contributed by atoms with E-state index in [1.807, 2.05) is 27.7 Å². The molecule has 0 aliphatic rings. The molecule has 26 heavy (non-hydrogen) atoms. The molecule has 0 atom stereocenters. The maximum Gasteiger partial charge on any atom is 0.501 e. The first-order valence-corrected chi connectivity index (χ1v) is 14.3. The smallest absolute Gasteiger partial charge is 0.374 e. The molecular formula is C14H30Cl4O6Si2. The van der Waals surface area contributed by atoms with E-state index >= 15 is 0 Å². The molecule has 0 heterocycles. The van der Waals surface area contributed by atoms with Gasteiger partial charge in [-0.15, -0.1) is 46.4 Å². The van der Waals surface area contributed by atoms with Gasteiger partial charge in [0.05, 0.1) is 13.2 Å². The van der Waals surface area contributed by atoms with Gasteiger partial charge < -0.3 is 26.6 Å². The lowest BCUT2D eigenvalue weighted by molar-refractivity contribution is 0.0574. The Hall–Kier alpha value is 1.35. The molecule has 0 amide bonds. The highest BCUT2D eigenvalue weighted by molar-refractivity contribution is 6.66. The quantitative estimate of drug-likeness (QED) is 0.218. The maximum absolute atomic E-state index is 5.88. The van der Waals surface area contributed by atoms with Gasteiger partial charge in [0.15, 0.2) is 0 Å². The molecule has 0 radical (unpaired) electrons. The van der Waals surface area contributed by atoms with Crippen molar-refractivity contribution in [1.82, 2.24) is 0 Å². The highest BCUT2D eigenvalue weighted by Crippen LogP contribution is 2.27. The molecule has 0 aromatic heterocycles. The normalized spacial score (nSPS) is 13.2. The lowest BCUT2D eigenvalue weighted by Crippen LogP contribution is -2.52. The lowest BCUT2D eigenvalue weighted by Gasteiger charge is -2.33. The minimum atomic E-state index is -3.02. The molecule has 0 aliphatic heterocycles. The van der Waals surface area contributed by atoms with Gasteiger partial charge in [-0.3, -0.25) is 0 Å². The summed E-state index contributed by atoms with van der Waals surface area (Å²) in [7, 11) is -6.04. The van der Waals surface area contributed by atoms with Crippen LogP contribution < -0.4 is 0 Å². The second kappa shape index (κ2) is 15.2. The topological polar surface area (TPSA) is 55.4 Å². The molecule has 0 bridgehead atoms. The summed E-state index contributed by atoms with van der Waals surface area (Å²) in [5.41, 5.74) is 0. The first-order chi connectivity index (χ1) is 12.3. The average molecular weight is 492 g/mol. The van der Waals surface area contributed by atoms with Gasteiger partial charge in [-0.2, -0.15) is 0 Å². The summed E-state index contributed by atoms with van der Waals surface area (Å²) in [6.07, 6.45) is 0. The van der Waals surface area contributed by atoms with Crippen LogP contribution in [0.3, 0.4) is 0 Å². The fourth-order valence-electron chi connectivity index (χ4n) is 2.25. The highest BCUT2D eigenvalue weighted by atomic mass is 35.5. The van der Waals surface area contributed by atoms with E-state index in [0.29, 0.717) is 38.5 Å². The molecule has 0 aromatic carbocycles. The third-order valence-corrected chi connectivity index (χ3v) is 9.91. The Bertz CT molecular complexity index is 311. The molecule has 0 saturated carbocycles. The van der Waals surface area contributed by atoms with Crippen LogP contribution in [-0.2, 0) is 26.6 Å². The largest absolute Gasteiger partial charge is 0.501 e. The van der Waals surface area contributed by atoms with Crippen molar-refractivity contribution in [2.45, 2.75) is 49.5 Å². The van der Waals surface area contributed by atoms with Crippen LogP contribution in [0.25, 0.3) is 0 Å². The SMILES string of the molecule is CCO[Si](CC[Si](OCC)(OCC)OCC(Cl)Cl)(OCC)OCC(Cl)Cl. The maximum atomic E-state index is 5.88. The molecule has 0 aliphatic carbocycles. The van der Waals surface area contributed by atoms with Gasteiger partial charge in [0, 0.05) is 38.5 Å². The van der Waals surface area contributed by atoms with Crippen molar-refractivity contribution >= 4 is 64.0 Å². The van der Waals surface area contributed by atoms with Gasteiger partial charge in [-0.1, -0.05) is 0 Å². The Kier molecular flexibility index (Phi) is 16.0. The third-order valence-electron chi connectivity index (χ3n) is 3.05.